The van der Waals surface area contributed by atoms with Crippen LogP contribution in [0.5, 0.6) is 17.2 Å². The normalized spacial score (nSPS) is 10.9. The fourth-order valence-electron chi connectivity index (χ4n) is 3.21. The maximum absolute atomic E-state index is 12.7. The van der Waals surface area contributed by atoms with E-state index in [1.807, 2.05) is 6.07 Å². The summed E-state index contributed by atoms with van der Waals surface area (Å²) in [6.45, 7) is 2.12. The molecule has 33 heavy (non-hydrogen) atoms. The highest BCUT2D eigenvalue weighted by molar-refractivity contribution is 7.15. The van der Waals surface area contributed by atoms with Gasteiger partial charge in [0.25, 0.3) is 5.91 Å². The summed E-state index contributed by atoms with van der Waals surface area (Å²) >= 11 is 1.38. The Balaban J connectivity index is 1.75. The minimum atomic E-state index is -0.542. The summed E-state index contributed by atoms with van der Waals surface area (Å²) in [6, 6.07) is 13.7. The third-order valence-corrected chi connectivity index (χ3v) is 5.86. The first-order valence-corrected chi connectivity index (χ1v) is 11.1. The standard InChI is InChI=1S/C25H25N3O4S/c1-5-16-6-8-17(9-7-16)11-20-15-27-25(33-20)28-24(29)19(14-26)10-18-12-21(30-2)23(32-4)22(13-18)31-3/h6-10,12-13,15H,5,11H2,1-4H3,(H,27,28,29)/b19-10+. The second-order valence-corrected chi connectivity index (χ2v) is 8.18. The van der Waals surface area contributed by atoms with E-state index in [9.17, 15) is 10.1 Å². The van der Waals surface area contributed by atoms with Gasteiger partial charge in [-0.15, -0.1) is 11.3 Å². The number of methoxy groups -OCH3 is 3. The van der Waals surface area contributed by atoms with Crippen LogP contribution in [0, 0.1) is 11.3 Å². The lowest BCUT2D eigenvalue weighted by Crippen LogP contribution is -2.13. The molecule has 7 nitrogen and oxygen atoms in total. The molecule has 0 unspecified atom stereocenters. The maximum atomic E-state index is 12.7. The molecule has 1 N–H and O–H groups in total. The second-order valence-electron chi connectivity index (χ2n) is 7.06. The fraction of sp³-hybridized carbons (Fsp3) is 0.240. The Morgan fingerprint density at radius 1 is 1.09 bits per heavy atom. The van der Waals surface area contributed by atoms with Gasteiger partial charge in [0.15, 0.2) is 16.6 Å². The molecule has 2 aromatic carbocycles. The number of aromatic nitrogens is 1. The van der Waals surface area contributed by atoms with E-state index >= 15 is 0 Å². The summed E-state index contributed by atoms with van der Waals surface area (Å²) in [7, 11) is 4.51. The summed E-state index contributed by atoms with van der Waals surface area (Å²) < 4.78 is 16.0. The Morgan fingerprint density at radius 2 is 1.73 bits per heavy atom. The summed E-state index contributed by atoms with van der Waals surface area (Å²) in [6.07, 6.45) is 4.93. The first-order chi connectivity index (χ1) is 16.0. The van der Waals surface area contributed by atoms with E-state index in [1.165, 1.54) is 49.9 Å². The first-order valence-electron chi connectivity index (χ1n) is 10.3. The third-order valence-electron chi connectivity index (χ3n) is 4.95. The highest BCUT2D eigenvalue weighted by Crippen LogP contribution is 2.38. The van der Waals surface area contributed by atoms with Crippen LogP contribution in [0.4, 0.5) is 5.13 Å². The number of nitrogens with zero attached hydrogens (tertiary/aromatic N) is 2. The number of nitriles is 1. The Kier molecular flexibility index (Phi) is 8.06. The second kappa shape index (κ2) is 11.2. The van der Waals surface area contributed by atoms with Gasteiger partial charge in [0.2, 0.25) is 5.75 Å². The molecule has 1 heterocycles. The van der Waals surface area contributed by atoms with Crippen LogP contribution in [0.25, 0.3) is 6.08 Å². The van der Waals surface area contributed by atoms with Crippen molar-refractivity contribution in [3.05, 3.63) is 69.7 Å². The van der Waals surface area contributed by atoms with E-state index in [2.05, 4.69) is 41.5 Å². The number of carbonyl (C=O) groups is 1. The van der Waals surface area contributed by atoms with Crippen molar-refractivity contribution in [3.63, 3.8) is 0 Å². The third kappa shape index (κ3) is 5.90. The van der Waals surface area contributed by atoms with Crippen molar-refractivity contribution in [2.45, 2.75) is 19.8 Å². The van der Waals surface area contributed by atoms with Crippen LogP contribution in [-0.2, 0) is 17.6 Å². The van der Waals surface area contributed by atoms with Crippen molar-refractivity contribution in [2.24, 2.45) is 0 Å². The van der Waals surface area contributed by atoms with E-state index in [0.29, 0.717) is 27.9 Å². The van der Waals surface area contributed by atoms with Crippen molar-refractivity contribution in [1.29, 1.82) is 5.26 Å². The van der Waals surface area contributed by atoms with Crippen LogP contribution in [0.2, 0.25) is 0 Å². The SMILES string of the molecule is CCc1ccc(Cc2cnc(NC(=O)/C(C#N)=C/c3cc(OC)c(OC)c(OC)c3)s2)cc1. The first kappa shape index (κ1) is 23.8. The Hall–Kier alpha value is -3.83. The molecule has 0 aliphatic carbocycles. The Morgan fingerprint density at radius 3 is 2.27 bits per heavy atom. The molecule has 0 saturated carbocycles. The molecule has 1 amide bonds. The molecular formula is C25H25N3O4S. The summed E-state index contributed by atoms with van der Waals surface area (Å²) in [4.78, 5) is 18.0. The quantitative estimate of drug-likeness (QED) is 0.360. The predicted octanol–water partition coefficient (Wildman–Crippen LogP) is 4.87. The van der Waals surface area contributed by atoms with Crippen LogP contribution in [0.1, 0.15) is 28.5 Å². The van der Waals surface area contributed by atoms with Crippen LogP contribution in [-0.4, -0.2) is 32.2 Å². The van der Waals surface area contributed by atoms with Crippen molar-refractivity contribution in [2.75, 3.05) is 26.6 Å². The number of anilines is 1. The van der Waals surface area contributed by atoms with E-state index < -0.39 is 5.91 Å². The zero-order chi connectivity index (χ0) is 23.8. The zero-order valence-electron chi connectivity index (χ0n) is 19.0. The van der Waals surface area contributed by atoms with Crippen LogP contribution >= 0.6 is 11.3 Å². The topological polar surface area (TPSA) is 93.5 Å². The molecule has 0 saturated heterocycles. The molecular weight excluding hydrogens is 438 g/mol. The van der Waals surface area contributed by atoms with Gasteiger partial charge < -0.3 is 14.2 Å². The fourth-order valence-corrected chi connectivity index (χ4v) is 4.05. The van der Waals surface area contributed by atoms with Gasteiger partial charge >= 0.3 is 0 Å². The number of rotatable bonds is 9. The van der Waals surface area contributed by atoms with E-state index in [0.717, 1.165) is 17.7 Å². The van der Waals surface area contributed by atoms with Gasteiger partial charge in [-0.2, -0.15) is 5.26 Å². The number of carbonyl (C=O) groups excluding carboxylic acids is 1. The van der Waals surface area contributed by atoms with Gasteiger partial charge in [-0.1, -0.05) is 31.2 Å². The minimum Gasteiger partial charge on any atom is -0.493 e. The summed E-state index contributed by atoms with van der Waals surface area (Å²) in [5, 5.41) is 12.7. The van der Waals surface area contributed by atoms with Gasteiger partial charge in [0.05, 0.1) is 21.3 Å². The molecule has 0 bridgehead atoms. The van der Waals surface area contributed by atoms with Gasteiger partial charge in [-0.05, 0) is 41.3 Å². The molecule has 0 spiro atoms. The van der Waals surface area contributed by atoms with Gasteiger partial charge in [0, 0.05) is 17.5 Å². The highest BCUT2D eigenvalue weighted by atomic mass is 32.1. The van der Waals surface area contributed by atoms with E-state index in [4.69, 9.17) is 14.2 Å². The smallest absolute Gasteiger partial charge is 0.268 e. The number of aryl methyl sites for hydroxylation is 1. The number of nitrogens with one attached hydrogen (secondary N) is 1. The lowest BCUT2D eigenvalue weighted by atomic mass is 10.1. The summed E-state index contributed by atoms with van der Waals surface area (Å²) in [5.41, 5.74) is 2.95. The van der Waals surface area contributed by atoms with Gasteiger partial charge in [-0.3, -0.25) is 10.1 Å². The molecule has 0 fully saturated rings. The van der Waals surface area contributed by atoms with Gasteiger partial charge in [0.1, 0.15) is 11.6 Å². The molecule has 170 valence electrons. The number of hydrogen-bond donors (Lipinski definition) is 1. The monoisotopic (exact) mass is 463 g/mol. The van der Waals surface area contributed by atoms with Gasteiger partial charge in [-0.25, -0.2) is 4.98 Å². The van der Waals surface area contributed by atoms with Crippen molar-refractivity contribution < 1.29 is 19.0 Å². The highest BCUT2D eigenvalue weighted by Gasteiger charge is 2.16. The van der Waals surface area contributed by atoms with Crippen LogP contribution in [0.3, 0.4) is 0 Å². The van der Waals surface area contributed by atoms with Crippen LogP contribution in [0.15, 0.2) is 48.2 Å². The van der Waals surface area contributed by atoms with Crippen LogP contribution < -0.4 is 19.5 Å². The Bertz CT molecular complexity index is 1170. The Labute approximate surface area is 197 Å². The van der Waals surface area contributed by atoms with Crippen molar-refractivity contribution in [1.82, 2.24) is 4.98 Å². The van der Waals surface area contributed by atoms with E-state index in [1.54, 1.807) is 18.3 Å². The molecule has 1 aromatic heterocycles. The zero-order valence-corrected chi connectivity index (χ0v) is 19.8. The molecule has 0 radical (unpaired) electrons. The molecule has 3 rings (SSSR count). The lowest BCUT2D eigenvalue weighted by Gasteiger charge is -2.13. The van der Waals surface area contributed by atoms with E-state index in [-0.39, 0.29) is 5.57 Å². The lowest BCUT2D eigenvalue weighted by molar-refractivity contribution is -0.112. The molecule has 8 heteroatoms. The average molecular weight is 464 g/mol. The largest absolute Gasteiger partial charge is 0.493 e. The molecule has 3 aromatic rings. The summed E-state index contributed by atoms with van der Waals surface area (Å²) in [5.74, 6) is 0.744. The average Bonchev–Trinajstić information content (AvgIpc) is 3.28. The predicted molar refractivity (Wildman–Crippen MR) is 129 cm³/mol. The number of benzene rings is 2. The number of thiazole rings is 1. The molecule has 0 aliphatic heterocycles. The number of hydrogen-bond acceptors (Lipinski definition) is 7. The molecule has 0 aliphatic rings. The van der Waals surface area contributed by atoms with Crippen molar-refractivity contribution in [3.8, 4) is 23.3 Å². The molecule has 0 atom stereocenters. The van der Waals surface area contributed by atoms with Crippen molar-refractivity contribution >= 4 is 28.5 Å². The minimum absolute atomic E-state index is 0.0730. The number of ether oxygens (including phenoxy) is 3. The number of amides is 1. The maximum Gasteiger partial charge on any atom is 0.268 e.